The van der Waals surface area contributed by atoms with Crippen LogP contribution >= 0.6 is 23.1 Å². The van der Waals surface area contributed by atoms with Gasteiger partial charge in [-0.1, -0.05) is 5.21 Å². The maximum atomic E-state index is 13.3. The lowest BCUT2D eigenvalue weighted by molar-refractivity contribution is -0.134. The van der Waals surface area contributed by atoms with Gasteiger partial charge in [0, 0.05) is 35.8 Å². The lowest BCUT2D eigenvalue weighted by Gasteiger charge is -2.21. The van der Waals surface area contributed by atoms with E-state index in [1.807, 2.05) is 13.8 Å². The van der Waals surface area contributed by atoms with E-state index in [2.05, 4.69) is 15.6 Å². The van der Waals surface area contributed by atoms with Crippen molar-refractivity contribution in [2.75, 3.05) is 12.5 Å². The minimum absolute atomic E-state index is 0.0431. The van der Waals surface area contributed by atoms with E-state index in [0.717, 1.165) is 21.8 Å². The summed E-state index contributed by atoms with van der Waals surface area (Å²) in [6.07, 6.45) is -2.11. The van der Waals surface area contributed by atoms with Crippen LogP contribution in [-0.4, -0.2) is 33.6 Å². The fourth-order valence-electron chi connectivity index (χ4n) is 2.90. The number of thiophene rings is 1. The van der Waals surface area contributed by atoms with Gasteiger partial charge in [0.15, 0.2) is 0 Å². The molecule has 1 aliphatic heterocycles. The molecule has 0 aromatic carbocycles. The summed E-state index contributed by atoms with van der Waals surface area (Å²) in [5.41, 5.74) is 1.44. The van der Waals surface area contributed by atoms with Crippen molar-refractivity contribution in [3.05, 3.63) is 33.3 Å². The van der Waals surface area contributed by atoms with Gasteiger partial charge in [-0.25, -0.2) is 0 Å². The van der Waals surface area contributed by atoms with E-state index in [-0.39, 0.29) is 17.3 Å². The van der Waals surface area contributed by atoms with Crippen LogP contribution in [0.25, 0.3) is 0 Å². The Balaban J connectivity index is 1.99. The summed E-state index contributed by atoms with van der Waals surface area (Å²) in [7, 11) is 1.77. The molecule has 3 heterocycles. The third kappa shape index (κ3) is 4.59. The fraction of sp³-hybridized carbons (Fsp3) is 0.625. The number of nitrogens with one attached hydrogen (secondary N) is 1. The number of hydrogen-bond donors (Lipinski definition) is 1. The third-order valence-corrected chi connectivity index (χ3v) is 6.46. The van der Waals surface area contributed by atoms with Crippen molar-refractivity contribution in [2.45, 2.75) is 43.8 Å². The van der Waals surface area contributed by atoms with Crippen molar-refractivity contribution < 1.29 is 17.9 Å². The zero-order valence-corrected chi connectivity index (χ0v) is 16.3. The maximum Gasteiger partial charge on any atom is 0.425 e. The number of aromatic nitrogens is 3. The van der Waals surface area contributed by atoms with Gasteiger partial charge in [-0.3, -0.25) is 4.68 Å². The summed E-state index contributed by atoms with van der Waals surface area (Å²) in [5, 5.41) is 11.5. The molecule has 10 heteroatoms. The highest BCUT2D eigenvalue weighted by molar-refractivity contribution is 7.99. The van der Waals surface area contributed by atoms with Gasteiger partial charge < -0.3 is 10.1 Å². The molecule has 1 N–H and O–H groups in total. The van der Waals surface area contributed by atoms with Gasteiger partial charge in [0.2, 0.25) is 0 Å². The second-order valence-electron chi connectivity index (χ2n) is 6.43. The Morgan fingerprint density at radius 1 is 1.35 bits per heavy atom. The van der Waals surface area contributed by atoms with Gasteiger partial charge in [0.05, 0.1) is 24.3 Å². The van der Waals surface area contributed by atoms with Crippen LogP contribution in [-0.2, 0) is 24.4 Å². The Morgan fingerprint density at radius 3 is 2.77 bits per heavy atom. The lowest BCUT2D eigenvalue weighted by atomic mass is 10.0. The number of nitrogens with zero attached hydrogens (tertiary/aromatic N) is 3. The summed E-state index contributed by atoms with van der Waals surface area (Å²) in [4.78, 5) is 0.174. The number of aryl methyl sites for hydroxylation is 1. The minimum atomic E-state index is -4.33. The van der Waals surface area contributed by atoms with Gasteiger partial charge in [0.25, 0.3) is 0 Å². The molecule has 0 saturated carbocycles. The molecule has 1 aliphatic rings. The van der Waals surface area contributed by atoms with Crippen LogP contribution in [0.2, 0.25) is 0 Å². The average molecular weight is 406 g/mol. The Morgan fingerprint density at radius 2 is 2.12 bits per heavy atom. The van der Waals surface area contributed by atoms with Gasteiger partial charge in [-0.2, -0.15) is 13.2 Å². The number of alkyl halides is 3. The van der Waals surface area contributed by atoms with Crippen LogP contribution in [0.5, 0.6) is 0 Å². The first kappa shape index (κ1) is 19.7. The average Bonchev–Trinajstić information content (AvgIpc) is 3.16. The molecule has 26 heavy (non-hydrogen) atoms. The van der Waals surface area contributed by atoms with Gasteiger partial charge >= 0.3 is 6.18 Å². The Bertz CT molecular complexity index is 746. The molecule has 0 bridgehead atoms. The van der Waals surface area contributed by atoms with Crippen LogP contribution in [0.4, 0.5) is 13.2 Å². The second kappa shape index (κ2) is 7.87. The van der Waals surface area contributed by atoms with Gasteiger partial charge in [-0.15, -0.1) is 28.2 Å². The second-order valence-corrected chi connectivity index (χ2v) is 8.84. The molecular formula is C16H21F3N4OS2. The van der Waals surface area contributed by atoms with Crippen molar-refractivity contribution in [3.8, 4) is 0 Å². The number of halogens is 3. The molecule has 3 atom stereocenters. The first-order chi connectivity index (χ1) is 12.2. The standard InChI is InChI=1S/C16H21F3N4OS2/c1-9-7-24-8-25-10(2)11-4-15(16(17,18)19)26-14(11)5-12(20-9)13-6-23(3)22-21-13/h4,6,9-10,12,20H,5,7-8H2,1-3H3/t9-,10?,12-/m0/s1. The smallest absolute Gasteiger partial charge is 0.369 e. The van der Waals surface area contributed by atoms with Crippen molar-refractivity contribution in [1.29, 1.82) is 0 Å². The lowest BCUT2D eigenvalue weighted by Crippen LogP contribution is -2.35. The molecule has 0 saturated heterocycles. The summed E-state index contributed by atoms with van der Waals surface area (Å²) in [6.45, 7) is 4.44. The number of fused-ring (bicyclic) bond motifs is 1. The van der Waals surface area contributed by atoms with Crippen LogP contribution < -0.4 is 5.32 Å². The zero-order valence-electron chi connectivity index (χ0n) is 14.7. The molecule has 0 radical (unpaired) electrons. The largest absolute Gasteiger partial charge is 0.425 e. The van der Waals surface area contributed by atoms with E-state index >= 15 is 0 Å². The molecule has 2 aromatic rings. The van der Waals surface area contributed by atoms with Crippen LogP contribution in [0.3, 0.4) is 0 Å². The minimum Gasteiger partial charge on any atom is -0.369 e. The van der Waals surface area contributed by atoms with Crippen molar-refractivity contribution in [2.24, 2.45) is 7.05 Å². The Hall–Kier alpha value is -1.10. The number of hydrogen-bond acceptors (Lipinski definition) is 6. The molecule has 0 spiro atoms. The van der Waals surface area contributed by atoms with E-state index in [1.54, 1.807) is 17.9 Å². The highest BCUT2D eigenvalue weighted by atomic mass is 32.2. The first-order valence-corrected chi connectivity index (χ1v) is 10.1. The van der Waals surface area contributed by atoms with E-state index in [1.165, 1.54) is 17.8 Å². The van der Waals surface area contributed by atoms with Crippen molar-refractivity contribution in [1.82, 2.24) is 20.3 Å². The summed E-state index contributed by atoms with van der Waals surface area (Å²) < 4.78 is 47.0. The molecular weight excluding hydrogens is 385 g/mol. The molecule has 0 fully saturated rings. The molecule has 0 amide bonds. The Labute approximate surface area is 158 Å². The van der Waals surface area contributed by atoms with Gasteiger partial charge in [0.1, 0.15) is 4.88 Å². The van der Waals surface area contributed by atoms with Crippen molar-refractivity contribution in [3.63, 3.8) is 0 Å². The molecule has 2 aromatic heterocycles. The predicted molar refractivity (Wildman–Crippen MR) is 96.2 cm³/mol. The number of thioether (sulfide) groups is 1. The van der Waals surface area contributed by atoms with Gasteiger partial charge in [-0.05, 0) is 25.5 Å². The third-order valence-electron chi connectivity index (χ3n) is 4.18. The highest BCUT2D eigenvalue weighted by Gasteiger charge is 2.35. The maximum absolute atomic E-state index is 13.3. The van der Waals surface area contributed by atoms with Crippen LogP contribution in [0.1, 0.15) is 46.2 Å². The summed E-state index contributed by atoms with van der Waals surface area (Å²) >= 11 is 2.33. The van der Waals surface area contributed by atoms with Crippen LogP contribution in [0.15, 0.2) is 12.3 Å². The van der Waals surface area contributed by atoms with E-state index in [4.69, 9.17) is 4.74 Å². The first-order valence-electron chi connectivity index (χ1n) is 8.25. The normalized spacial score (nSPS) is 25.5. The number of rotatable bonds is 1. The zero-order chi connectivity index (χ0) is 18.9. The number of ether oxygens (including phenoxy) is 1. The van der Waals surface area contributed by atoms with E-state index < -0.39 is 11.1 Å². The highest BCUT2D eigenvalue weighted by Crippen LogP contribution is 2.43. The molecule has 5 nitrogen and oxygen atoms in total. The molecule has 1 unspecified atom stereocenters. The SMILES string of the molecule is CC1SCOC[C@H](C)N[C@H](c2cn(C)nn2)Cc2sc(C(F)(F)F)cc21. The van der Waals surface area contributed by atoms with E-state index in [0.29, 0.717) is 24.7 Å². The fourth-order valence-corrected chi connectivity index (χ4v) is 4.93. The summed E-state index contributed by atoms with van der Waals surface area (Å²) in [5.74, 6) is 0.444. The summed E-state index contributed by atoms with van der Waals surface area (Å²) in [6, 6.07) is 1.10. The van der Waals surface area contributed by atoms with E-state index in [9.17, 15) is 13.2 Å². The quantitative estimate of drug-likeness (QED) is 0.778. The monoisotopic (exact) mass is 406 g/mol. The Kier molecular flexibility index (Phi) is 5.95. The van der Waals surface area contributed by atoms with Crippen molar-refractivity contribution >= 4 is 23.1 Å². The molecule has 144 valence electrons. The topological polar surface area (TPSA) is 52.0 Å². The molecule has 0 aliphatic carbocycles. The van der Waals surface area contributed by atoms with Crippen LogP contribution in [0, 0.1) is 0 Å². The molecule has 3 rings (SSSR count). The predicted octanol–water partition coefficient (Wildman–Crippen LogP) is 3.94.